The van der Waals surface area contributed by atoms with Crippen LogP contribution in [0.25, 0.3) is 0 Å². The number of nitro groups is 1. The lowest BCUT2D eigenvalue weighted by atomic mass is 10.1. The number of hydrogen-bond donors (Lipinski definition) is 1. The predicted molar refractivity (Wildman–Crippen MR) is 98.2 cm³/mol. The molecule has 128 valence electrons. The summed E-state index contributed by atoms with van der Waals surface area (Å²) in [6.45, 7) is 0. The van der Waals surface area contributed by atoms with E-state index in [-0.39, 0.29) is 16.8 Å². The fourth-order valence-electron chi connectivity index (χ4n) is 2.50. The number of hydrogen-bond acceptors (Lipinski definition) is 4. The molecule has 0 saturated heterocycles. The Hall–Kier alpha value is -2.57. The van der Waals surface area contributed by atoms with Crippen molar-refractivity contribution in [3.63, 3.8) is 0 Å². The lowest BCUT2D eigenvalue weighted by Gasteiger charge is -2.21. The van der Waals surface area contributed by atoms with E-state index in [9.17, 15) is 10.1 Å². The number of rotatable bonds is 5. The van der Waals surface area contributed by atoms with Crippen molar-refractivity contribution in [1.82, 2.24) is 9.55 Å². The lowest BCUT2D eigenvalue weighted by molar-refractivity contribution is -0.384. The summed E-state index contributed by atoms with van der Waals surface area (Å²) in [5, 5.41) is 15.1. The number of non-ortho nitro benzene ring substituents is 1. The number of aromatic nitrogens is 2. The van der Waals surface area contributed by atoms with Gasteiger partial charge in [-0.25, -0.2) is 4.98 Å². The minimum Gasteiger partial charge on any atom is -0.370 e. The maximum absolute atomic E-state index is 10.9. The van der Waals surface area contributed by atoms with Gasteiger partial charge in [0.1, 0.15) is 11.9 Å². The molecule has 1 aromatic heterocycles. The van der Waals surface area contributed by atoms with Gasteiger partial charge in [-0.1, -0.05) is 35.3 Å². The molecule has 8 heteroatoms. The number of halogens is 2. The van der Waals surface area contributed by atoms with Gasteiger partial charge in [0, 0.05) is 36.6 Å². The molecule has 3 aromatic rings. The van der Waals surface area contributed by atoms with Crippen LogP contribution >= 0.6 is 23.2 Å². The normalized spacial score (nSPS) is 12.0. The number of benzene rings is 2. The van der Waals surface area contributed by atoms with Crippen molar-refractivity contribution in [1.29, 1.82) is 0 Å². The summed E-state index contributed by atoms with van der Waals surface area (Å²) in [7, 11) is 1.89. The van der Waals surface area contributed by atoms with Crippen LogP contribution in [0, 0.1) is 10.1 Å². The highest BCUT2D eigenvalue weighted by atomic mass is 35.5. The van der Waals surface area contributed by atoms with E-state index in [0.717, 1.165) is 11.4 Å². The molecule has 1 heterocycles. The van der Waals surface area contributed by atoms with Crippen molar-refractivity contribution in [3.05, 3.63) is 86.4 Å². The van der Waals surface area contributed by atoms with Crippen LogP contribution in [0.5, 0.6) is 0 Å². The van der Waals surface area contributed by atoms with Crippen molar-refractivity contribution < 1.29 is 4.92 Å². The Morgan fingerprint density at radius 2 is 1.92 bits per heavy atom. The Kier molecular flexibility index (Phi) is 4.92. The van der Waals surface area contributed by atoms with E-state index >= 15 is 0 Å². The van der Waals surface area contributed by atoms with Crippen LogP contribution in [-0.4, -0.2) is 14.5 Å². The largest absolute Gasteiger partial charge is 0.370 e. The molecule has 0 aliphatic rings. The number of anilines is 1. The van der Waals surface area contributed by atoms with Crippen LogP contribution in [0.3, 0.4) is 0 Å². The van der Waals surface area contributed by atoms with Gasteiger partial charge in [0.05, 0.1) is 15.6 Å². The average molecular weight is 377 g/mol. The van der Waals surface area contributed by atoms with Crippen molar-refractivity contribution in [3.8, 4) is 0 Å². The molecule has 6 nitrogen and oxygen atoms in total. The van der Waals surface area contributed by atoms with Crippen molar-refractivity contribution in [2.45, 2.75) is 6.04 Å². The monoisotopic (exact) mass is 376 g/mol. The molecule has 0 spiro atoms. The van der Waals surface area contributed by atoms with Crippen LogP contribution in [0.2, 0.25) is 10.0 Å². The molecular weight excluding hydrogens is 363 g/mol. The standard InChI is InChI=1S/C17H14Cl2N4O2/c1-22-9-8-20-17(22)16(11-2-4-12(18)5-3-11)21-15-7-6-13(23(24)25)10-14(15)19/h2-10,16,21H,1H3/t16-/m0/s1. The first kappa shape index (κ1) is 17.3. The molecule has 3 rings (SSSR count). The highest BCUT2D eigenvalue weighted by Crippen LogP contribution is 2.32. The van der Waals surface area contributed by atoms with Crippen LogP contribution in [0.1, 0.15) is 17.4 Å². The first-order valence-electron chi connectivity index (χ1n) is 7.39. The molecule has 0 radical (unpaired) electrons. The van der Waals surface area contributed by atoms with Gasteiger partial charge in [0.2, 0.25) is 0 Å². The van der Waals surface area contributed by atoms with E-state index in [1.54, 1.807) is 24.4 Å². The van der Waals surface area contributed by atoms with Gasteiger partial charge >= 0.3 is 0 Å². The fourth-order valence-corrected chi connectivity index (χ4v) is 2.85. The highest BCUT2D eigenvalue weighted by molar-refractivity contribution is 6.33. The Morgan fingerprint density at radius 1 is 1.20 bits per heavy atom. The summed E-state index contributed by atoms with van der Waals surface area (Å²) in [4.78, 5) is 14.8. The van der Waals surface area contributed by atoms with Gasteiger partial charge < -0.3 is 9.88 Å². The molecule has 0 amide bonds. The number of aryl methyl sites for hydroxylation is 1. The van der Waals surface area contributed by atoms with E-state index in [4.69, 9.17) is 23.2 Å². The van der Waals surface area contributed by atoms with Crippen LogP contribution in [-0.2, 0) is 7.05 Å². The second-order valence-electron chi connectivity index (χ2n) is 5.45. The maximum atomic E-state index is 10.9. The molecule has 0 saturated carbocycles. The zero-order valence-electron chi connectivity index (χ0n) is 13.2. The van der Waals surface area contributed by atoms with E-state index in [1.165, 1.54) is 12.1 Å². The Bertz CT molecular complexity index is 909. The van der Waals surface area contributed by atoms with Gasteiger partial charge in [0.25, 0.3) is 5.69 Å². The van der Waals surface area contributed by atoms with Gasteiger partial charge in [-0.05, 0) is 23.8 Å². The van der Waals surface area contributed by atoms with Crippen LogP contribution in [0.15, 0.2) is 54.9 Å². The van der Waals surface area contributed by atoms with Crippen molar-refractivity contribution >= 4 is 34.6 Å². The molecule has 25 heavy (non-hydrogen) atoms. The third-order valence-corrected chi connectivity index (χ3v) is 4.35. The Balaban J connectivity index is 2.00. The van der Waals surface area contributed by atoms with Crippen molar-refractivity contribution in [2.24, 2.45) is 7.05 Å². The van der Waals surface area contributed by atoms with Crippen molar-refractivity contribution in [2.75, 3.05) is 5.32 Å². The number of nitrogens with zero attached hydrogens (tertiary/aromatic N) is 3. The molecule has 0 bridgehead atoms. The summed E-state index contributed by atoms with van der Waals surface area (Å²) >= 11 is 12.2. The summed E-state index contributed by atoms with van der Waals surface area (Å²) in [6.07, 6.45) is 3.55. The smallest absolute Gasteiger partial charge is 0.271 e. The van der Waals surface area contributed by atoms with Gasteiger partial charge in [-0.2, -0.15) is 0 Å². The number of nitro benzene ring substituents is 1. The van der Waals surface area contributed by atoms with E-state index < -0.39 is 4.92 Å². The molecule has 1 N–H and O–H groups in total. The van der Waals surface area contributed by atoms with E-state index in [1.807, 2.05) is 29.9 Å². The summed E-state index contributed by atoms with van der Waals surface area (Å²) in [5.41, 5.74) is 1.46. The van der Waals surface area contributed by atoms with E-state index in [2.05, 4.69) is 10.3 Å². The SMILES string of the molecule is Cn1ccnc1[C@@H](Nc1ccc([N+](=O)[O-])cc1Cl)c1ccc(Cl)cc1. The minimum atomic E-state index is -0.481. The first-order valence-corrected chi connectivity index (χ1v) is 8.14. The van der Waals surface area contributed by atoms with Gasteiger partial charge in [-0.3, -0.25) is 10.1 Å². The summed E-state index contributed by atoms with van der Waals surface area (Å²) < 4.78 is 1.89. The first-order chi connectivity index (χ1) is 12.0. The second kappa shape index (κ2) is 7.13. The Labute approximate surface area is 154 Å². The molecule has 0 unspecified atom stereocenters. The van der Waals surface area contributed by atoms with Gasteiger partial charge in [0.15, 0.2) is 0 Å². The zero-order chi connectivity index (χ0) is 18.0. The number of nitrogens with one attached hydrogen (secondary N) is 1. The Morgan fingerprint density at radius 3 is 2.48 bits per heavy atom. The lowest BCUT2D eigenvalue weighted by Crippen LogP contribution is -2.17. The zero-order valence-corrected chi connectivity index (χ0v) is 14.7. The number of imidazole rings is 1. The third kappa shape index (κ3) is 3.75. The third-order valence-electron chi connectivity index (χ3n) is 3.78. The molecule has 0 fully saturated rings. The minimum absolute atomic E-state index is 0.0596. The predicted octanol–water partition coefficient (Wildman–Crippen LogP) is 4.84. The van der Waals surface area contributed by atoms with E-state index in [0.29, 0.717) is 10.7 Å². The maximum Gasteiger partial charge on any atom is 0.271 e. The highest BCUT2D eigenvalue weighted by Gasteiger charge is 2.20. The average Bonchev–Trinajstić information content (AvgIpc) is 3.00. The summed E-state index contributed by atoms with van der Waals surface area (Å²) in [5.74, 6) is 0.775. The molecule has 2 aromatic carbocycles. The summed E-state index contributed by atoms with van der Waals surface area (Å²) in [6, 6.07) is 11.4. The molecule has 0 aliphatic heterocycles. The van der Waals surface area contributed by atoms with Crippen LogP contribution in [0.4, 0.5) is 11.4 Å². The van der Waals surface area contributed by atoms with Crippen LogP contribution < -0.4 is 5.32 Å². The molecular formula is C17H14Cl2N4O2. The second-order valence-corrected chi connectivity index (χ2v) is 6.29. The quantitative estimate of drug-likeness (QED) is 0.510. The molecule has 0 aliphatic carbocycles. The fraction of sp³-hybridized carbons (Fsp3) is 0.118. The van der Waals surface area contributed by atoms with Gasteiger partial charge in [-0.15, -0.1) is 0 Å². The topological polar surface area (TPSA) is 73.0 Å². The molecule has 1 atom stereocenters.